The molecule has 82 valence electrons. The molecule has 3 aromatic heterocycles. The maximum absolute atomic E-state index is 4.58. The zero-order valence-electron chi connectivity index (χ0n) is 9.00. The lowest BCUT2D eigenvalue weighted by Gasteiger charge is -2.03. The van der Waals surface area contributed by atoms with Gasteiger partial charge in [0.15, 0.2) is 0 Å². The fourth-order valence-corrected chi connectivity index (χ4v) is 2.36. The first-order chi connectivity index (χ1) is 8.38. The summed E-state index contributed by atoms with van der Waals surface area (Å²) in [6, 6.07) is 7.85. The number of fused-ring (bicyclic) bond motifs is 1. The fraction of sp³-hybridized carbons (Fsp3) is 0. The summed E-state index contributed by atoms with van der Waals surface area (Å²) in [6.45, 7) is 3.77. The lowest BCUT2D eigenvalue weighted by molar-refractivity contribution is 1.28. The highest BCUT2D eigenvalue weighted by atomic mass is 32.1. The molecule has 0 unspecified atom stereocenters. The highest BCUT2D eigenvalue weighted by Gasteiger charge is 2.06. The lowest BCUT2D eigenvalue weighted by Crippen LogP contribution is -1.89. The van der Waals surface area contributed by atoms with Gasteiger partial charge >= 0.3 is 0 Å². The SMILES string of the molecule is C=Cc1ncccc1-c1ccc2ncsc2n1. The zero-order valence-corrected chi connectivity index (χ0v) is 9.81. The highest BCUT2D eigenvalue weighted by molar-refractivity contribution is 7.16. The van der Waals surface area contributed by atoms with Crippen molar-refractivity contribution in [2.75, 3.05) is 0 Å². The van der Waals surface area contributed by atoms with Crippen LogP contribution < -0.4 is 0 Å². The maximum atomic E-state index is 4.58. The summed E-state index contributed by atoms with van der Waals surface area (Å²) in [5.41, 5.74) is 5.49. The van der Waals surface area contributed by atoms with E-state index in [1.165, 1.54) is 0 Å². The van der Waals surface area contributed by atoms with Gasteiger partial charge in [-0.25, -0.2) is 9.97 Å². The molecule has 4 heteroatoms. The van der Waals surface area contributed by atoms with Crippen molar-refractivity contribution in [1.29, 1.82) is 0 Å². The molecule has 3 heterocycles. The first kappa shape index (κ1) is 10.1. The quantitative estimate of drug-likeness (QED) is 0.688. The number of rotatable bonds is 2. The minimum atomic E-state index is 0.851. The fourth-order valence-electron chi connectivity index (χ4n) is 1.70. The van der Waals surface area contributed by atoms with Crippen LogP contribution in [0.1, 0.15) is 5.69 Å². The number of aromatic nitrogens is 3. The second-order valence-electron chi connectivity index (χ2n) is 3.51. The van der Waals surface area contributed by atoms with Gasteiger partial charge in [-0.2, -0.15) is 0 Å². The first-order valence-corrected chi connectivity index (χ1v) is 6.04. The van der Waals surface area contributed by atoms with Gasteiger partial charge in [0.05, 0.1) is 22.4 Å². The van der Waals surface area contributed by atoms with Crippen molar-refractivity contribution in [2.24, 2.45) is 0 Å². The van der Waals surface area contributed by atoms with Crippen molar-refractivity contribution < 1.29 is 0 Å². The van der Waals surface area contributed by atoms with E-state index in [-0.39, 0.29) is 0 Å². The van der Waals surface area contributed by atoms with E-state index in [9.17, 15) is 0 Å². The van der Waals surface area contributed by atoms with Crippen molar-refractivity contribution in [3.63, 3.8) is 0 Å². The van der Waals surface area contributed by atoms with Crippen LogP contribution in [0.5, 0.6) is 0 Å². The summed E-state index contributed by atoms with van der Waals surface area (Å²) in [4.78, 5) is 14.0. The van der Waals surface area contributed by atoms with Crippen LogP contribution >= 0.6 is 11.3 Å². The predicted molar refractivity (Wildman–Crippen MR) is 70.7 cm³/mol. The molecule has 3 nitrogen and oxygen atoms in total. The van der Waals surface area contributed by atoms with Crippen LogP contribution in [0.4, 0.5) is 0 Å². The number of thiazole rings is 1. The van der Waals surface area contributed by atoms with Gasteiger partial charge in [-0.3, -0.25) is 4.98 Å². The molecule has 0 aliphatic rings. The Bertz CT molecular complexity index is 688. The maximum Gasteiger partial charge on any atom is 0.143 e. The van der Waals surface area contributed by atoms with Crippen molar-refractivity contribution in [3.05, 3.63) is 48.2 Å². The number of hydrogen-bond donors (Lipinski definition) is 0. The third kappa shape index (κ3) is 1.72. The molecule has 0 bridgehead atoms. The molecule has 0 amide bonds. The van der Waals surface area contributed by atoms with Crippen molar-refractivity contribution in [2.45, 2.75) is 0 Å². The lowest BCUT2D eigenvalue weighted by atomic mass is 10.1. The Kier molecular flexibility index (Phi) is 2.42. The predicted octanol–water partition coefficient (Wildman–Crippen LogP) is 3.40. The third-order valence-corrected chi connectivity index (χ3v) is 3.24. The zero-order chi connectivity index (χ0) is 11.7. The van der Waals surface area contributed by atoms with Crippen molar-refractivity contribution >= 4 is 27.8 Å². The van der Waals surface area contributed by atoms with Crippen LogP contribution in [0.3, 0.4) is 0 Å². The van der Waals surface area contributed by atoms with Gasteiger partial charge in [0.25, 0.3) is 0 Å². The average Bonchev–Trinajstić information content (AvgIpc) is 2.85. The van der Waals surface area contributed by atoms with Gasteiger partial charge in [-0.05, 0) is 30.3 Å². The summed E-state index contributed by atoms with van der Waals surface area (Å²) in [7, 11) is 0. The molecule has 0 saturated carbocycles. The topological polar surface area (TPSA) is 38.7 Å². The van der Waals surface area contributed by atoms with Crippen LogP contribution in [-0.4, -0.2) is 15.0 Å². The van der Waals surface area contributed by atoms with E-state index < -0.39 is 0 Å². The normalized spacial score (nSPS) is 10.6. The summed E-state index contributed by atoms with van der Waals surface area (Å²) in [5.74, 6) is 0. The summed E-state index contributed by atoms with van der Waals surface area (Å²) in [5, 5.41) is 0. The van der Waals surface area contributed by atoms with Crippen molar-refractivity contribution in [1.82, 2.24) is 15.0 Å². The van der Waals surface area contributed by atoms with E-state index in [1.54, 1.807) is 29.1 Å². The Morgan fingerprint density at radius 3 is 3.00 bits per heavy atom. The Balaban J connectivity index is 2.22. The Morgan fingerprint density at radius 2 is 2.12 bits per heavy atom. The molecule has 0 aliphatic carbocycles. The molecule has 3 aromatic rings. The van der Waals surface area contributed by atoms with Gasteiger partial charge in [0, 0.05) is 11.8 Å². The number of pyridine rings is 2. The van der Waals surface area contributed by atoms with Gasteiger partial charge in [-0.15, -0.1) is 11.3 Å². The molecule has 0 atom stereocenters. The van der Waals surface area contributed by atoms with Gasteiger partial charge in [0.1, 0.15) is 4.83 Å². The average molecular weight is 239 g/mol. The molecule has 0 spiro atoms. The Morgan fingerprint density at radius 1 is 1.18 bits per heavy atom. The molecular formula is C13H9N3S. The molecular weight excluding hydrogens is 230 g/mol. The Labute approximate surface area is 103 Å². The monoisotopic (exact) mass is 239 g/mol. The molecule has 0 saturated heterocycles. The largest absolute Gasteiger partial charge is 0.256 e. The smallest absolute Gasteiger partial charge is 0.143 e. The van der Waals surface area contributed by atoms with E-state index in [1.807, 2.05) is 24.3 Å². The first-order valence-electron chi connectivity index (χ1n) is 5.16. The van der Waals surface area contributed by atoms with Crippen LogP contribution in [0.2, 0.25) is 0 Å². The van der Waals surface area contributed by atoms with E-state index in [0.29, 0.717) is 0 Å². The molecule has 17 heavy (non-hydrogen) atoms. The molecule has 0 aliphatic heterocycles. The second kappa shape index (κ2) is 4.07. The summed E-state index contributed by atoms with van der Waals surface area (Å²) in [6.07, 6.45) is 3.50. The summed E-state index contributed by atoms with van der Waals surface area (Å²) >= 11 is 1.54. The van der Waals surface area contributed by atoms with Crippen molar-refractivity contribution in [3.8, 4) is 11.3 Å². The minimum absolute atomic E-state index is 0.851. The molecule has 0 fully saturated rings. The van der Waals surface area contributed by atoms with Crippen LogP contribution in [0.15, 0.2) is 42.6 Å². The van der Waals surface area contributed by atoms with Gasteiger partial charge in [0.2, 0.25) is 0 Å². The second-order valence-corrected chi connectivity index (χ2v) is 4.35. The van der Waals surface area contributed by atoms with E-state index >= 15 is 0 Å². The Hall–Kier alpha value is -2.07. The third-order valence-electron chi connectivity index (χ3n) is 2.50. The molecule has 0 N–H and O–H groups in total. The minimum Gasteiger partial charge on any atom is -0.256 e. The van der Waals surface area contributed by atoms with Crippen LogP contribution in [0.25, 0.3) is 27.7 Å². The number of hydrogen-bond acceptors (Lipinski definition) is 4. The highest BCUT2D eigenvalue weighted by Crippen LogP contribution is 2.24. The van der Waals surface area contributed by atoms with E-state index in [0.717, 1.165) is 27.3 Å². The molecule has 0 aromatic carbocycles. The van der Waals surface area contributed by atoms with Gasteiger partial charge in [-0.1, -0.05) is 6.58 Å². The number of nitrogens with zero attached hydrogens (tertiary/aromatic N) is 3. The van der Waals surface area contributed by atoms with E-state index in [2.05, 4.69) is 21.5 Å². The van der Waals surface area contributed by atoms with Crippen LogP contribution in [-0.2, 0) is 0 Å². The van der Waals surface area contributed by atoms with E-state index in [4.69, 9.17) is 0 Å². The summed E-state index contributed by atoms with van der Waals surface area (Å²) < 4.78 is 0. The molecule has 3 rings (SSSR count). The van der Waals surface area contributed by atoms with Crippen LogP contribution in [0, 0.1) is 0 Å². The standard InChI is InChI=1S/C13H9N3S/c1-2-10-9(4-3-7-14-10)11-5-6-12-13(16-11)17-8-15-12/h2-8H,1H2. The molecule has 0 radical (unpaired) electrons. The van der Waals surface area contributed by atoms with Gasteiger partial charge < -0.3 is 0 Å².